The lowest BCUT2D eigenvalue weighted by Gasteiger charge is -2.15. The minimum atomic E-state index is -0.0467. The zero-order valence-corrected chi connectivity index (χ0v) is 15.4. The lowest BCUT2D eigenvalue weighted by atomic mass is 10.1. The van der Waals surface area contributed by atoms with Crippen LogP contribution in [0.2, 0.25) is 0 Å². The first kappa shape index (κ1) is 18.6. The van der Waals surface area contributed by atoms with Crippen LogP contribution in [0.1, 0.15) is 36.9 Å². The molecule has 1 unspecified atom stereocenters. The first-order valence-corrected chi connectivity index (χ1v) is 9.09. The van der Waals surface area contributed by atoms with Crippen LogP contribution in [0.5, 0.6) is 5.75 Å². The van der Waals surface area contributed by atoms with Gasteiger partial charge in [-0.1, -0.05) is 18.2 Å². The van der Waals surface area contributed by atoms with Gasteiger partial charge >= 0.3 is 0 Å². The fraction of sp³-hybridized carbons (Fsp3) is 0.286. The number of aromatic nitrogens is 3. The third-order valence-electron chi connectivity index (χ3n) is 4.24. The molecule has 2 heterocycles. The number of hydrogen-bond donors (Lipinski definition) is 1. The molecule has 6 nitrogen and oxygen atoms in total. The molecule has 3 rings (SSSR count). The Labute approximate surface area is 159 Å². The SMILES string of the molecule is CC(NC(=O)CCCn1cccn1)c1ccc(OCc2cccnc2)cc1. The molecule has 1 amide bonds. The van der Waals surface area contributed by atoms with Crippen LogP contribution in [0, 0.1) is 0 Å². The van der Waals surface area contributed by atoms with Gasteiger partial charge in [0.1, 0.15) is 12.4 Å². The van der Waals surface area contributed by atoms with Gasteiger partial charge in [-0.25, -0.2) is 0 Å². The highest BCUT2D eigenvalue weighted by Crippen LogP contribution is 2.18. The average molecular weight is 364 g/mol. The Balaban J connectivity index is 1.42. The van der Waals surface area contributed by atoms with E-state index in [2.05, 4.69) is 15.4 Å². The topological polar surface area (TPSA) is 69.0 Å². The van der Waals surface area contributed by atoms with E-state index in [-0.39, 0.29) is 11.9 Å². The molecule has 0 aliphatic rings. The highest BCUT2D eigenvalue weighted by molar-refractivity contribution is 5.76. The molecule has 0 saturated carbocycles. The van der Waals surface area contributed by atoms with Crippen LogP contribution in [0.4, 0.5) is 0 Å². The second-order valence-electron chi connectivity index (χ2n) is 6.38. The predicted molar refractivity (Wildman–Crippen MR) is 103 cm³/mol. The van der Waals surface area contributed by atoms with Crippen molar-refractivity contribution in [1.82, 2.24) is 20.1 Å². The first-order chi connectivity index (χ1) is 13.2. The molecule has 0 radical (unpaired) electrons. The van der Waals surface area contributed by atoms with Crippen LogP contribution in [-0.2, 0) is 17.9 Å². The normalized spacial score (nSPS) is 11.7. The van der Waals surface area contributed by atoms with E-state index in [4.69, 9.17) is 4.74 Å². The standard InChI is InChI=1S/C21H24N4O2/c1-17(24-21(26)6-3-13-25-14-4-12-23-25)19-7-9-20(10-8-19)27-16-18-5-2-11-22-15-18/h2,4-5,7-12,14-15,17H,3,6,13,16H2,1H3,(H,24,26). The number of rotatable bonds is 9. The first-order valence-electron chi connectivity index (χ1n) is 9.09. The van der Waals surface area contributed by atoms with Crippen molar-refractivity contribution in [3.63, 3.8) is 0 Å². The zero-order chi connectivity index (χ0) is 18.9. The lowest BCUT2D eigenvalue weighted by Crippen LogP contribution is -2.26. The molecule has 1 aromatic carbocycles. The van der Waals surface area contributed by atoms with Gasteiger partial charge in [0.15, 0.2) is 0 Å². The molecular weight excluding hydrogens is 340 g/mol. The van der Waals surface area contributed by atoms with E-state index in [1.807, 2.05) is 60.3 Å². The third kappa shape index (κ3) is 5.95. The molecule has 0 aliphatic carbocycles. The molecule has 1 atom stereocenters. The van der Waals surface area contributed by atoms with Crippen LogP contribution < -0.4 is 10.1 Å². The van der Waals surface area contributed by atoms with Crippen LogP contribution in [0.3, 0.4) is 0 Å². The summed E-state index contributed by atoms with van der Waals surface area (Å²) in [5.74, 6) is 0.840. The number of aryl methyl sites for hydroxylation is 1. The van der Waals surface area contributed by atoms with Crippen LogP contribution in [0.15, 0.2) is 67.3 Å². The second kappa shape index (κ2) is 9.52. The Hall–Kier alpha value is -3.15. The molecule has 0 saturated heterocycles. The summed E-state index contributed by atoms with van der Waals surface area (Å²) < 4.78 is 7.60. The molecule has 0 spiro atoms. The van der Waals surface area contributed by atoms with E-state index in [0.29, 0.717) is 13.0 Å². The van der Waals surface area contributed by atoms with Gasteiger partial charge in [-0.2, -0.15) is 5.10 Å². The number of pyridine rings is 1. The Morgan fingerprint density at radius 1 is 1.19 bits per heavy atom. The number of nitrogens with zero attached hydrogens (tertiary/aromatic N) is 3. The van der Waals surface area contributed by atoms with Gasteiger partial charge < -0.3 is 10.1 Å². The smallest absolute Gasteiger partial charge is 0.220 e. The van der Waals surface area contributed by atoms with Crippen molar-refractivity contribution in [3.8, 4) is 5.75 Å². The van der Waals surface area contributed by atoms with E-state index in [0.717, 1.165) is 29.8 Å². The monoisotopic (exact) mass is 364 g/mol. The largest absolute Gasteiger partial charge is 0.489 e. The molecule has 27 heavy (non-hydrogen) atoms. The Bertz CT molecular complexity index is 817. The number of carbonyl (C=O) groups excluding carboxylic acids is 1. The van der Waals surface area contributed by atoms with Gasteiger partial charge in [0.05, 0.1) is 6.04 Å². The van der Waals surface area contributed by atoms with E-state index < -0.39 is 0 Å². The van der Waals surface area contributed by atoms with Crippen LogP contribution in [0.25, 0.3) is 0 Å². The van der Waals surface area contributed by atoms with E-state index in [9.17, 15) is 4.79 Å². The van der Waals surface area contributed by atoms with Crippen molar-refractivity contribution >= 4 is 5.91 Å². The summed E-state index contributed by atoms with van der Waals surface area (Å²) >= 11 is 0. The maximum atomic E-state index is 12.1. The summed E-state index contributed by atoms with van der Waals surface area (Å²) in [5, 5.41) is 7.17. The minimum absolute atomic E-state index is 0.0467. The fourth-order valence-corrected chi connectivity index (χ4v) is 2.73. The number of carbonyl (C=O) groups is 1. The molecule has 0 bridgehead atoms. The third-order valence-corrected chi connectivity index (χ3v) is 4.24. The quantitative estimate of drug-likeness (QED) is 0.631. The number of amides is 1. The van der Waals surface area contributed by atoms with E-state index in [1.54, 1.807) is 18.6 Å². The van der Waals surface area contributed by atoms with Crippen molar-refractivity contribution < 1.29 is 9.53 Å². The number of benzene rings is 1. The molecule has 2 aromatic heterocycles. The van der Waals surface area contributed by atoms with Crippen molar-refractivity contribution in [1.29, 1.82) is 0 Å². The Kier molecular flexibility index (Phi) is 6.57. The van der Waals surface area contributed by atoms with Crippen LogP contribution >= 0.6 is 0 Å². The van der Waals surface area contributed by atoms with Gasteiger partial charge in [0.2, 0.25) is 5.91 Å². The number of ether oxygens (including phenoxy) is 1. The summed E-state index contributed by atoms with van der Waals surface area (Å²) in [5.41, 5.74) is 2.07. The van der Waals surface area contributed by atoms with Crippen LogP contribution in [-0.4, -0.2) is 20.7 Å². The predicted octanol–water partition coefficient (Wildman–Crippen LogP) is 3.51. The minimum Gasteiger partial charge on any atom is -0.489 e. The summed E-state index contributed by atoms with van der Waals surface area (Å²) in [6.07, 6.45) is 8.42. The van der Waals surface area contributed by atoms with Crippen molar-refractivity contribution in [2.24, 2.45) is 0 Å². The van der Waals surface area contributed by atoms with Crippen molar-refractivity contribution in [3.05, 3.63) is 78.4 Å². The fourth-order valence-electron chi connectivity index (χ4n) is 2.73. The molecule has 140 valence electrons. The van der Waals surface area contributed by atoms with Crippen molar-refractivity contribution in [2.45, 2.75) is 39.0 Å². The van der Waals surface area contributed by atoms with Gasteiger partial charge in [-0.3, -0.25) is 14.5 Å². The van der Waals surface area contributed by atoms with Gasteiger partial charge in [0.25, 0.3) is 0 Å². The number of hydrogen-bond acceptors (Lipinski definition) is 4. The summed E-state index contributed by atoms with van der Waals surface area (Å²) in [6, 6.07) is 13.5. The highest BCUT2D eigenvalue weighted by Gasteiger charge is 2.10. The lowest BCUT2D eigenvalue weighted by molar-refractivity contribution is -0.121. The van der Waals surface area contributed by atoms with Gasteiger partial charge in [0, 0.05) is 43.3 Å². The molecule has 6 heteroatoms. The Morgan fingerprint density at radius 3 is 2.74 bits per heavy atom. The van der Waals surface area contributed by atoms with Gasteiger partial charge in [-0.05, 0) is 43.2 Å². The molecule has 0 aliphatic heterocycles. The molecular formula is C21H24N4O2. The second-order valence-corrected chi connectivity index (χ2v) is 6.38. The van der Waals surface area contributed by atoms with Crippen molar-refractivity contribution in [2.75, 3.05) is 0 Å². The number of nitrogens with one attached hydrogen (secondary N) is 1. The molecule has 3 aromatic rings. The summed E-state index contributed by atoms with van der Waals surface area (Å²) in [7, 11) is 0. The highest BCUT2D eigenvalue weighted by atomic mass is 16.5. The van der Waals surface area contributed by atoms with Gasteiger partial charge in [-0.15, -0.1) is 0 Å². The Morgan fingerprint density at radius 2 is 2.04 bits per heavy atom. The molecule has 1 N–H and O–H groups in total. The summed E-state index contributed by atoms with van der Waals surface area (Å²) in [6.45, 7) is 3.21. The maximum absolute atomic E-state index is 12.1. The van der Waals surface area contributed by atoms with E-state index >= 15 is 0 Å². The average Bonchev–Trinajstić information content (AvgIpc) is 3.21. The zero-order valence-electron chi connectivity index (χ0n) is 15.4. The maximum Gasteiger partial charge on any atom is 0.220 e. The molecule has 0 fully saturated rings. The van der Waals surface area contributed by atoms with E-state index in [1.165, 1.54) is 0 Å². The summed E-state index contributed by atoms with van der Waals surface area (Å²) in [4.78, 5) is 16.2.